The van der Waals surface area contributed by atoms with Crippen LogP contribution in [-0.2, 0) is 4.79 Å². The molecule has 0 spiro atoms. The Hall–Kier alpha value is -0.780. The quantitative estimate of drug-likeness (QED) is 0.165. The van der Waals surface area contributed by atoms with Crippen molar-refractivity contribution in [3.8, 4) is 11.5 Å². The maximum atomic E-state index is 12.7. The van der Waals surface area contributed by atoms with Crippen molar-refractivity contribution in [2.24, 2.45) is 0 Å². The van der Waals surface area contributed by atoms with Gasteiger partial charge in [-0.1, -0.05) is 0 Å². The first-order valence-corrected chi connectivity index (χ1v) is 13.4. The van der Waals surface area contributed by atoms with Crippen molar-refractivity contribution < 1.29 is 49.4 Å². The molecule has 1 fully saturated rings. The molecule has 16 heteroatoms. The molecular weight excluding hydrogens is 811 g/mol. The van der Waals surface area contributed by atoms with Crippen LogP contribution in [0.15, 0.2) is 0 Å². The normalized spacial score (nSPS) is 16.0. The Morgan fingerprint density at radius 3 is 1.71 bits per heavy atom. The second-order valence-electron chi connectivity index (χ2n) is 7.29. The highest BCUT2D eigenvalue weighted by molar-refractivity contribution is 14.1. The average molecular weight is 835 g/mol. The van der Waals surface area contributed by atoms with E-state index in [2.05, 4.69) is 10.6 Å². The number of rotatable bonds is 9. The van der Waals surface area contributed by atoms with Gasteiger partial charge in [-0.05, 0) is 80.6 Å². The number of nitrogens with one attached hydrogen (secondary N) is 2. The number of carbonyl (C=O) groups is 3. The van der Waals surface area contributed by atoms with Crippen molar-refractivity contribution in [1.29, 1.82) is 0 Å². The molecule has 0 bridgehead atoms. The van der Waals surface area contributed by atoms with Gasteiger partial charge in [-0.15, -0.1) is 0 Å². The van der Waals surface area contributed by atoms with Crippen molar-refractivity contribution in [2.45, 2.75) is 31.0 Å². The number of anilines is 1. The molecule has 35 heavy (non-hydrogen) atoms. The Balaban J connectivity index is 2.55. The Kier molecular flexibility index (Phi) is 12.4. The van der Waals surface area contributed by atoms with Crippen LogP contribution in [0.4, 0.5) is 15.3 Å². The third-order valence-electron chi connectivity index (χ3n) is 4.81. The van der Waals surface area contributed by atoms with Gasteiger partial charge < -0.3 is 50.5 Å². The number of nitrogens with zero attached hydrogens (tertiary/aromatic N) is 1. The Bertz CT molecular complexity index is 888. The SMILES string of the molecule is O=C(NC(CO)CO)Oc1c(I)c(OC(=O)NC(CO)CO)c(I)c(N2CCCC(O)C2=O)c1I. The first-order chi connectivity index (χ1) is 16.6. The number of carbonyl (C=O) groups excluding carboxylic acids is 3. The van der Waals surface area contributed by atoms with E-state index in [9.17, 15) is 39.9 Å². The number of hydrogen-bond acceptors (Lipinski definition) is 10. The largest absolute Gasteiger partial charge is 0.413 e. The van der Waals surface area contributed by atoms with Crippen LogP contribution in [-0.4, -0.2) is 94.8 Å². The lowest BCUT2D eigenvalue weighted by Crippen LogP contribution is -2.45. The van der Waals surface area contributed by atoms with Crippen LogP contribution in [0, 0.1) is 10.7 Å². The Morgan fingerprint density at radius 2 is 1.31 bits per heavy atom. The molecule has 1 aliphatic heterocycles. The number of amides is 3. The zero-order valence-electron chi connectivity index (χ0n) is 18.0. The van der Waals surface area contributed by atoms with Crippen LogP contribution in [0.3, 0.4) is 0 Å². The zero-order valence-corrected chi connectivity index (χ0v) is 24.5. The molecule has 1 aromatic rings. The highest BCUT2D eigenvalue weighted by atomic mass is 127. The van der Waals surface area contributed by atoms with Gasteiger partial charge in [-0.25, -0.2) is 9.59 Å². The topological polar surface area (TPSA) is 198 Å². The molecule has 1 aromatic carbocycles. The van der Waals surface area contributed by atoms with E-state index < -0.39 is 62.7 Å². The molecule has 0 aromatic heterocycles. The predicted molar refractivity (Wildman–Crippen MR) is 146 cm³/mol. The highest BCUT2D eigenvalue weighted by Crippen LogP contribution is 2.46. The summed E-state index contributed by atoms with van der Waals surface area (Å²) in [4.78, 5) is 38.9. The summed E-state index contributed by atoms with van der Waals surface area (Å²) in [5.74, 6) is -0.698. The van der Waals surface area contributed by atoms with Crippen molar-refractivity contribution in [3.63, 3.8) is 0 Å². The van der Waals surface area contributed by atoms with Crippen LogP contribution >= 0.6 is 67.8 Å². The minimum absolute atomic E-state index is 0.0646. The molecule has 13 nitrogen and oxygen atoms in total. The monoisotopic (exact) mass is 835 g/mol. The predicted octanol–water partition coefficient (Wildman–Crippen LogP) is -0.129. The second kappa shape index (κ2) is 14.2. The fraction of sp³-hybridized carbons (Fsp3) is 0.526. The molecule has 3 amide bonds. The maximum Gasteiger partial charge on any atom is 0.413 e. The van der Waals surface area contributed by atoms with Gasteiger partial charge in [0.2, 0.25) is 0 Å². The van der Waals surface area contributed by atoms with Gasteiger partial charge in [0.25, 0.3) is 5.91 Å². The molecule has 1 aliphatic rings. The molecule has 2 rings (SSSR count). The van der Waals surface area contributed by atoms with Crippen molar-refractivity contribution >= 4 is 91.6 Å². The number of aliphatic hydroxyl groups is 5. The molecule has 0 aliphatic carbocycles. The lowest BCUT2D eigenvalue weighted by Gasteiger charge is -2.32. The summed E-state index contributed by atoms with van der Waals surface area (Å²) in [7, 11) is 0. The van der Waals surface area contributed by atoms with E-state index in [-0.39, 0.29) is 33.7 Å². The van der Waals surface area contributed by atoms with E-state index in [0.717, 1.165) is 0 Å². The molecule has 1 heterocycles. The number of aliphatic hydroxyl groups excluding tert-OH is 5. The number of benzene rings is 1. The Labute approximate surface area is 240 Å². The molecule has 7 N–H and O–H groups in total. The summed E-state index contributed by atoms with van der Waals surface area (Å²) in [6, 6.07) is -1.95. The number of piperidine rings is 1. The van der Waals surface area contributed by atoms with E-state index in [1.54, 1.807) is 22.6 Å². The van der Waals surface area contributed by atoms with Crippen molar-refractivity contribution in [1.82, 2.24) is 10.6 Å². The third kappa shape index (κ3) is 7.61. The minimum atomic E-state index is -1.22. The van der Waals surface area contributed by atoms with Crippen LogP contribution in [0.1, 0.15) is 12.8 Å². The standard InChI is InChI=1S/C19H24I3N3O10/c20-11-14(25-3-1-2-10(30)17(25)31)12(21)16(35-19(33)24-9(6-28)7-29)13(22)15(11)34-18(32)23-8(4-26)5-27/h8-10,26-30H,1-7H2,(H,23,32)(H,24,33). The van der Waals surface area contributed by atoms with Gasteiger partial charge >= 0.3 is 12.2 Å². The lowest BCUT2D eigenvalue weighted by atomic mass is 10.1. The molecule has 0 radical (unpaired) electrons. The summed E-state index contributed by atoms with van der Waals surface area (Å²) >= 11 is 5.53. The molecule has 0 saturated carbocycles. The third-order valence-corrected chi connectivity index (χ3v) is 7.79. The summed E-state index contributed by atoms with van der Waals surface area (Å²) in [5, 5.41) is 51.5. The van der Waals surface area contributed by atoms with Crippen LogP contribution in [0.25, 0.3) is 0 Å². The van der Waals surface area contributed by atoms with Gasteiger partial charge in [0, 0.05) is 6.54 Å². The Morgan fingerprint density at radius 1 is 0.886 bits per heavy atom. The number of halogens is 3. The van der Waals surface area contributed by atoms with Crippen LogP contribution in [0.5, 0.6) is 11.5 Å². The fourth-order valence-corrected chi connectivity index (χ4v) is 7.17. The molecule has 196 valence electrons. The van der Waals surface area contributed by atoms with Crippen LogP contribution in [0.2, 0.25) is 0 Å². The number of ether oxygens (including phenoxy) is 2. The average Bonchev–Trinajstić information content (AvgIpc) is 2.84. The molecule has 1 atom stereocenters. The fourth-order valence-electron chi connectivity index (χ4n) is 2.98. The van der Waals surface area contributed by atoms with E-state index in [4.69, 9.17) is 9.47 Å². The lowest BCUT2D eigenvalue weighted by molar-refractivity contribution is -0.128. The van der Waals surface area contributed by atoms with Crippen molar-refractivity contribution in [3.05, 3.63) is 10.7 Å². The summed E-state index contributed by atoms with van der Waals surface area (Å²) < 4.78 is 11.7. The molecule has 1 saturated heterocycles. The summed E-state index contributed by atoms with van der Waals surface area (Å²) in [6.45, 7) is -1.90. The van der Waals surface area contributed by atoms with E-state index in [1.807, 2.05) is 45.2 Å². The van der Waals surface area contributed by atoms with E-state index >= 15 is 0 Å². The van der Waals surface area contributed by atoms with Gasteiger partial charge in [0.15, 0.2) is 11.5 Å². The maximum absolute atomic E-state index is 12.7. The van der Waals surface area contributed by atoms with E-state index in [0.29, 0.717) is 13.6 Å². The molecular formula is C19H24I3N3O10. The second-order valence-corrected chi connectivity index (χ2v) is 10.5. The minimum Gasteiger partial charge on any atom is -0.408 e. The van der Waals surface area contributed by atoms with Gasteiger partial charge in [0.1, 0.15) is 9.67 Å². The first-order valence-electron chi connectivity index (χ1n) is 10.2. The van der Waals surface area contributed by atoms with Gasteiger partial charge in [0.05, 0.1) is 51.3 Å². The van der Waals surface area contributed by atoms with Crippen molar-refractivity contribution in [2.75, 3.05) is 37.9 Å². The van der Waals surface area contributed by atoms with Gasteiger partial charge in [-0.3, -0.25) is 4.79 Å². The smallest absolute Gasteiger partial charge is 0.408 e. The first kappa shape index (κ1) is 30.4. The summed E-state index contributed by atoms with van der Waals surface area (Å²) in [6.07, 6.45) is -2.46. The van der Waals surface area contributed by atoms with E-state index in [1.165, 1.54) is 4.90 Å². The zero-order chi connectivity index (χ0) is 26.3. The number of hydrogen-bond donors (Lipinski definition) is 7. The molecule has 1 unspecified atom stereocenters. The summed E-state index contributed by atoms with van der Waals surface area (Å²) in [5.41, 5.74) is 0.252. The van der Waals surface area contributed by atoms with Gasteiger partial charge in [-0.2, -0.15) is 0 Å². The highest BCUT2D eigenvalue weighted by Gasteiger charge is 2.35. The van der Waals surface area contributed by atoms with Crippen LogP contribution < -0.4 is 25.0 Å².